The van der Waals surface area contributed by atoms with E-state index in [0.717, 1.165) is 18.4 Å². The Morgan fingerprint density at radius 1 is 0.884 bits per heavy atom. The molecular weight excluding hydrogens is 887 g/mol. The quantitative estimate of drug-likeness (QED) is 0.181. The molecule has 1 aliphatic carbocycles. The molecule has 0 spiro atoms. The van der Waals surface area contributed by atoms with Gasteiger partial charge in [0.25, 0.3) is 11.7 Å². The molecule has 3 fully saturated rings. The van der Waals surface area contributed by atoms with E-state index in [9.17, 15) is 34.2 Å². The lowest BCUT2D eigenvalue weighted by Crippen LogP contribution is -2.61. The zero-order valence-corrected chi connectivity index (χ0v) is 42.5. The Morgan fingerprint density at radius 3 is 2.32 bits per heavy atom. The van der Waals surface area contributed by atoms with Gasteiger partial charge in [-0.1, -0.05) is 71.1 Å². The minimum Gasteiger partial charge on any atom is -0.460 e. The number of ether oxygens (including phenoxy) is 5. The number of fused-ring (bicyclic) bond motifs is 3. The molecule has 0 unspecified atom stereocenters. The lowest BCUT2D eigenvalue weighted by atomic mass is 9.77. The van der Waals surface area contributed by atoms with Crippen LogP contribution in [-0.4, -0.2) is 141 Å². The molecule has 2 N–H and O–H groups in total. The number of Topliss-reactive ketones (excluding diaryl/α,β-unsaturated/α-hetero) is 3. The predicted molar refractivity (Wildman–Crippen MR) is 256 cm³/mol. The lowest BCUT2D eigenvalue weighted by molar-refractivity contribution is -0.265. The number of aromatic nitrogens is 4. The van der Waals surface area contributed by atoms with Gasteiger partial charge < -0.3 is 38.8 Å². The summed E-state index contributed by atoms with van der Waals surface area (Å²) in [5.41, 5.74) is 1.27. The Kier molecular flexibility index (Phi) is 20.8. The highest BCUT2D eigenvalue weighted by molar-refractivity contribution is 6.39. The normalized spacial score (nSPS) is 38.8. The Bertz CT molecular complexity index is 2020. The molecule has 0 radical (unpaired) electrons. The highest BCUT2D eigenvalue weighted by Crippen LogP contribution is 2.39. The molecule has 1 aromatic heterocycles. The SMILES string of the molecule is CO[C@H]1C[C@@H]2CC[C@@H](C)[C@@](O)(O2)C(=O)C(=O)N2CCCC[C@H]2C(=O)O[C@H]([C@@H](C)C[C@@H]2CC[C@H](n3cnnn3)[C@H](OC)C2)CC(=O)[C@H](C)/C=C(\C)[C@@H](O)[C@@H](OC)C(=O)[C@H](C)C[C@H](C)/C=C/C=C/C=C/1C. The number of aliphatic hydroxyl groups is 2. The summed E-state index contributed by atoms with van der Waals surface area (Å²) in [5, 5.41) is 35.2. The van der Waals surface area contributed by atoms with E-state index in [-0.39, 0.29) is 60.9 Å². The van der Waals surface area contributed by atoms with Crippen molar-refractivity contribution in [1.82, 2.24) is 25.1 Å². The summed E-state index contributed by atoms with van der Waals surface area (Å²) in [6, 6.07) is -1.19. The first-order chi connectivity index (χ1) is 32.8. The zero-order chi connectivity index (χ0) is 50.6. The molecule has 1 amide bonds. The van der Waals surface area contributed by atoms with Gasteiger partial charge in [-0.25, -0.2) is 9.48 Å². The van der Waals surface area contributed by atoms with Crippen LogP contribution in [-0.2, 0) is 47.7 Å². The maximum absolute atomic E-state index is 14.5. The monoisotopic (exact) mass is 966 g/mol. The van der Waals surface area contributed by atoms with Crippen LogP contribution in [0.3, 0.4) is 0 Å². The third-order valence-corrected chi connectivity index (χ3v) is 15.2. The van der Waals surface area contributed by atoms with E-state index in [1.165, 1.54) is 12.0 Å². The van der Waals surface area contributed by atoms with E-state index in [2.05, 4.69) is 15.5 Å². The predicted octanol–water partition coefficient (Wildman–Crippen LogP) is 6.05. The molecule has 4 heterocycles. The van der Waals surface area contributed by atoms with E-state index < -0.39 is 77.8 Å². The first kappa shape index (κ1) is 55.7. The van der Waals surface area contributed by atoms with Gasteiger partial charge in [-0.3, -0.25) is 19.2 Å². The molecular formula is C52H79N5O12. The number of tetrazole rings is 1. The maximum atomic E-state index is 14.5. The molecule has 1 aromatic rings. The van der Waals surface area contributed by atoms with Crippen LogP contribution in [0.5, 0.6) is 0 Å². The van der Waals surface area contributed by atoms with E-state index in [1.807, 2.05) is 58.1 Å². The number of rotatable bonds is 7. The fraction of sp³-hybridized carbons (Fsp3) is 0.731. The van der Waals surface area contributed by atoms with Crippen LogP contribution in [0.1, 0.15) is 132 Å². The second-order valence-electron chi connectivity index (χ2n) is 20.4. The van der Waals surface area contributed by atoms with Gasteiger partial charge in [0.15, 0.2) is 5.78 Å². The van der Waals surface area contributed by atoms with Crippen LogP contribution in [0.4, 0.5) is 0 Å². The molecule has 5 rings (SSSR count). The molecule has 1 saturated carbocycles. The summed E-state index contributed by atoms with van der Waals surface area (Å²) in [7, 11) is 4.62. The second kappa shape index (κ2) is 25.7. The second-order valence-corrected chi connectivity index (χ2v) is 20.4. The number of methoxy groups -OCH3 is 3. The standard InChI is InChI=1S/C52H79N5O12/c1-31-16-12-11-13-17-32(2)43(65-8)28-39-21-19-37(7)52(64,69-39)49(61)50(62)56-23-15-14-18-41(56)51(63)68-44(34(4)26-38-20-22-40(45(27-38)66-9)57-30-53-54-55-57)29-42(58)33(3)25-36(6)47(60)48(67-10)46(59)35(5)24-31/h11-13,16-17,25,30-31,33-35,37-41,43-45,47-48,60,64H,14-15,18-24,26-29H2,1-10H3/b13-11+,16-12+,32-17+,36-25+/t31-,33-,34+,35-,37-,38+,39+,40+,41+,43+,44+,45-,47-,48+,52-/m1/s1. The molecule has 17 nitrogen and oxygen atoms in total. The van der Waals surface area contributed by atoms with Crippen molar-refractivity contribution in [2.45, 2.75) is 180 Å². The van der Waals surface area contributed by atoms with E-state index in [0.29, 0.717) is 56.9 Å². The molecule has 69 heavy (non-hydrogen) atoms. The summed E-state index contributed by atoms with van der Waals surface area (Å²) in [4.78, 5) is 72.3. The topological polar surface area (TPSA) is 219 Å². The van der Waals surface area contributed by atoms with Gasteiger partial charge in [0, 0.05) is 58.5 Å². The fourth-order valence-corrected chi connectivity index (χ4v) is 10.7. The van der Waals surface area contributed by atoms with Crippen molar-refractivity contribution in [3.8, 4) is 0 Å². The van der Waals surface area contributed by atoms with Gasteiger partial charge >= 0.3 is 5.97 Å². The summed E-state index contributed by atoms with van der Waals surface area (Å²) in [5.74, 6) is -7.92. The van der Waals surface area contributed by atoms with Gasteiger partial charge in [0.1, 0.15) is 36.5 Å². The fourth-order valence-electron chi connectivity index (χ4n) is 10.7. The molecule has 0 aromatic carbocycles. The number of amides is 1. The van der Waals surface area contributed by atoms with Crippen LogP contribution >= 0.6 is 0 Å². The third-order valence-electron chi connectivity index (χ3n) is 15.2. The Balaban J connectivity index is 1.46. The number of carbonyl (C=O) groups is 5. The first-order valence-electron chi connectivity index (χ1n) is 25.0. The van der Waals surface area contributed by atoms with Crippen LogP contribution in [0, 0.1) is 35.5 Å². The lowest BCUT2D eigenvalue weighted by Gasteiger charge is -2.42. The number of ketones is 3. The first-order valence-corrected chi connectivity index (χ1v) is 25.0. The average Bonchev–Trinajstić information content (AvgIpc) is 3.88. The Hall–Kier alpha value is -4.26. The Morgan fingerprint density at radius 2 is 1.64 bits per heavy atom. The van der Waals surface area contributed by atoms with Gasteiger partial charge in [-0.15, -0.1) is 5.10 Å². The number of allylic oxidation sites excluding steroid dienone is 6. The molecule has 3 aliphatic heterocycles. The number of hydrogen-bond donors (Lipinski definition) is 2. The highest BCUT2D eigenvalue weighted by atomic mass is 16.6. The number of aliphatic hydroxyl groups excluding tert-OH is 1. The van der Waals surface area contributed by atoms with Crippen molar-refractivity contribution in [3.63, 3.8) is 0 Å². The number of carbonyl (C=O) groups excluding carboxylic acids is 5. The molecule has 2 saturated heterocycles. The molecule has 384 valence electrons. The number of cyclic esters (lactones) is 1. The molecule has 15 atom stereocenters. The van der Waals surface area contributed by atoms with E-state index in [4.69, 9.17) is 23.7 Å². The summed E-state index contributed by atoms with van der Waals surface area (Å²) < 4.78 is 31.6. The van der Waals surface area contributed by atoms with Crippen molar-refractivity contribution in [2.75, 3.05) is 27.9 Å². The van der Waals surface area contributed by atoms with Crippen LogP contribution in [0.25, 0.3) is 0 Å². The molecule has 2 bridgehead atoms. The van der Waals surface area contributed by atoms with Crippen LogP contribution < -0.4 is 0 Å². The summed E-state index contributed by atoms with van der Waals surface area (Å²) in [6.07, 6.45) is 13.9. The number of piperidine rings is 1. The smallest absolute Gasteiger partial charge is 0.329 e. The van der Waals surface area contributed by atoms with Crippen molar-refractivity contribution in [1.29, 1.82) is 0 Å². The van der Waals surface area contributed by atoms with Crippen LogP contribution in [0.15, 0.2) is 53.9 Å². The van der Waals surface area contributed by atoms with Crippen molar-refractivity contribution in [3.05, 3.63) is 53.9 Å². The molecule has 17 heteroatoms. The van der Waals surface area contributed by atoms with Gasteiger partial charge in [-0.2, -0.15) is 0 Å². The number of hydrogen-bond acceptors (Lipinski definition) is 15. The van der Waals surface area contributed by atoms with Crippen molar-refractivity contribution < 1.29 is 57.9 Å². The van der Waals surface area contributed by atoms with Crippen molar-refractivity contribution in [2.24, 2.45) is 35.5 Å². The summed E-state index contributed by atoms with van der Waals surface area (Å²) in [6.45, 7) is 12.8. The van der Waals surface area contributed by atoms with E-state index in [1.54, 1.807) is 52.1 Å². The van der Waals surface area contributed by atoms with Crippen LogP contribution in [0.2, 0.25) is 0 Å². The summed E-state index contributed by atoms with van der Waals surface area (Å²) >= 11 is 0. The van der Waals surface area contributed by atoms with Crippen molar-refractivity contribution >= 4 is 29.2 Å². The number of esters is 1. The minimum absolute atomic E-state index is 0.0170. The van der Waals surface area contributed by atoms with Gasteiger partial charge in [-0.05, 0) is 117 Å². The van der Waals surface area contributed by atoms with Gasteiger partial charge in [0.05, 0.1) is 24.4 Å². The minimum atomic E-state index is -2.43. The molecule has 4 aliphatic rings. The Labute approximate surface area is 408 Å². The average molecular weight is 966 g/mol. The number of nitrogens with zero attached hydrogens (tertiary/aromatic N) is 5. The largest absolute Gasteiger partial charge is 0.460 e. The zero-order valence-electron chi connectivity index (χ0n) is 42.5. The highest BCUT2D eigenvalue weighted by Gasteiger charge is 2.53. The third kappa shape index (κ3) is 14.2. The van der Waals surface area contributed by atoms with Gasteiger partial charge in [0.2, 0.25) is 5.79 Å². The maximum Gasteiger partial charge on any atom is 0.329 e. The van der Waals surface area contributed by atoms with E-state index >= 15 is 0 Å².